The van der Waals surface area contributed by atoms with Crippen LogP contribution < -0.4 is 5.32 Å². The second-order valence-electron chi connectivity index (χ2n) is 8.11. The van der Waals surface area contributed by atoms with Gasteiger partial charge in [-0.1, -0.05) is 33.8 Å². The maximum Gasteiger partial charge on any atom is 0.330 e. The van der Waals surface area contributed by atoms with Crippen LogP contribution in [0.5, 0.6) is 0 Å². The highest BCUT2D eigenvalue weighted by Gasteiger charge is 2.48. The summed E-state index contributed by atoms with van der Waals surface area (Å²) in [7, 11) is -1.93. The fourth-order valence-corrected chi connectivity index (χ4v) is 4.07. The van der Waals surface area contributed by atoms with Gasteiger partial charge >= 0.3 is 5.97 Å². The van der Waals surface area contributed by atoms with Gasteiger partial charge in [0.2, 0.25) is 5.91 Å². The van der Waals surface area contributed by atoms with Gasteiger partial charge in [-0.3, -0.25) is 4.79 Å². The Bertz CT molecular complexity index is 496. The Balaban J connectivity index is 2.73. The van der Waals surface area contributed by atoms with Gasteiger partial charge in [0.05, 0.1) is 18.6 Å². The molecule has 0 bridgehead atoms. The molecule has 0 aromatic rings. The molecule has 6 heteroatoms. The quantitative estimate of drug-likeness (QED) is 0.329. The highest BCUT2D eigenvalue weighted by molar-refractivity contribution is 6.74. The molecule has 1 rings (SSSR count). The van der Waals surface area contributed by atoms with Crippen LogP contribution in [0.15, 0.2) is 12.2 Å². The Hall–Kier alpha value is -1.14. The molecule has 1 N–H and O–H groups in total. The number of ether oxygens (including phenoxy) is 1. The average Bonchev–Trinajstić information content (AvgIpc) is 2.40. The van der Waals surface area contributed by atoms with Gasteiger partial charge in [-0.05, 0) is 37.9 Å². The molecule has 138 valence electrons. The van der Waals surface area contributed by atoms with Crippen molar-refractivity contribution >= 4 is 20.2 Å². The molecule has 1 aliphatic rings. The Morgan fingerprint density at radius 2 is 1.92 bits per heavy atom. The van der Waals surface area contributed by atoms with Gasteiger partial charge < -0.3 is 14.5 Å². The van der Waals surface area contributed by atoms with Gasteiger partial charge in [-0.25, -0.2) is 4.79 Å². The lowest BCUT2D eigenvalue weighted by atomic mass is 9.79. The first-order valence-corrected chi connectivity index (χ1v) is 11.6. The van der Waals surface area contributed by atoms with E-state index in [4.69, 9.17) is 9.16 Å². The summed E-state index contributed by atoms with van der Waals surface area (Å²) >= 11 is 0. The van der Waals surface area contributed by atoms with E-state index in [2.05, 4.69) is 39.2 Å². The highest BCUT2D eigenvalue weighted by atomic mass is 28.4. The molecule has 0 aromatic heterocycles. The molecule has 1 aliphatic heterocycles. The molecule has 0 spiro atoms. The van der Waals surface area contributed by atoms with Crippen molar-refractivity contribution in [1.29, 1.82) is 0 Å². The molecule has 1 fully saturated rings. The third-order valence-electron chi connectivity index (χ3n) is 5.18. The van der Waals surface area contributed by atoms with Crippen molar-refractivity contribution in [3.8, 4) is 0 Å². The SMILES string of the molecule is CCOC(=O)/C=C\C(C)[C@H]1NC(=O)[C@@H]1[C@@H](C)O[Si](C)(C)C(C)(C)C. The highest BCUT2D eigenvalue weighted by Crippen LogP contribution is 2.39. The molecule has 0 aliphatic carbocycles. The maximum absolute atomic E-state index is 12.1. The predicted molar refractivity (Wildman–Crippen MR) is 98.1 cm³/mol. The zero-order valence-corrected chi connectivity index (χ0v) is 17.3. The molecule has 1 heterocycles. The van der Waals surface area contributed by atoms with Gasteiger partial charge in [0.15, 0.2) is 8.32 Å². The summed E-state index contributed by atoms with van der Waals surface area (Å²) in [6, 6.07) is -0.0112. The molecule has 0 saturated carbocycles. The second-order valence-corrected chi connectivity index (χ2v) is 12.9. The number of β-lactam (4-membered cyclic amide) rings is 1. The standard InChI is InChI=1S/C18H33NO4Si/c1-9-22-14(20)11-10-12(2)16-15(17(21)19-16)13(3)23-24(7,8)18(4,5)6/h10-13,15-16H,9H2,1-8H3,(H,19,21)/b11-10-/t12?,13-,15-,16-/m1/s1. The van der Waals surface area contributed by atoms with E-state index in [1.807, 2.05) is 13.8 Å². The number of carbonyl (C=O) groups is 2. The smallest absolute Gasteiger partial charge is 0.330 e. The first kappa shape index (κ1) is 20.9. The molecule has 1 saturated heterocycles. The molecule has 5 nitrogen and oxygen atoms in total. The largest absolute Gasteiger partial charge is 0.463 e. The van der Waals surface area contributed by atoms with E-state index < -0.39 is 8.32 Å². The van der Waals surface area contributed by atoms with Crippen molar-refractivity contribution in [3.63, 3.8) is 0 Å². The van der Waals surface area contributed by atoms with Crippen LogP contribution in [0.2, 0.25) is 18.1 Å². The molecule has 24 heavy (non-hydrogen) atoms. The number of amides is 1. The van der Waals surface area contributed by atoms with E-state index >= 15 is 0 Å². The third-order valence-corrected chi connectivity index (χ3v) is 9.75. The topological polar surface area (TPSA) is 64.6 Å². The molecule has 4 atom stereocenters. The monoisotopic (exact) mass is 355 g/mol. The van der Waals surface area contributed by atoms with Crippen molar-refractivity contribution in [2.45, 2.75) is 71.8 Å². The Morgan fingerprint density at radius 1 is 1.33 bits per heavy atom. The van der Waals surface area contributed by atoms with E-state index in [0.717, 1.165) is 0 Å². The summed E-state index contributed by atoms with van der Waals surface area (Å²) in [5, 5.41) is 3.05. The summed E-state index contributed by atoms with van der Waals surface area (Å²) in [6.45, 7) is 17.1. The zero-order chi connectivity index (χ0) is 18.7. The summed E-state index contributed by atoms with van der Waals surface area (Å²) in [5.41, 5.74) is 0. The molecular weight excluding hydrogens is 322 g/mol. The first-order valence-electron chi connectivity index (χ1n) is 8.74. The second kappa shape index (κ2) is 7.83. The lowest BCUT2D eigenvalue weighted by molar-refractivity contribution is -0.141. The average molecular weight is 356 g/mol. The first-order chi connectivity index (χ1) is 10.9. The minimum Gasteiger partial charge on any atom is -0.463 e. The number of esters is 1. The van der Waals surface area contributed by atoms with Crippen LogP contribution in [-0.4, -0.2) is 38.9 Å². The van der Waals surface area contributed by atoms with Crippen LogP contribution in [0.4, 0.5) is 0 Å². The fraction of sp³-hybridized carbons (Fsp3) is 0.778. The summed E-state index contributed by atoms with van der Waals surface area (Å²) in [4.78, 5) is 23.5. The number of carbonyl (C=O) groups excluding carboxylic acids is 2. The van der Waals surface area contributed by atoms with Crippen LogP contribution in [0.1, 0.15) is 41.5 Å². The molecule has 0 aromatic carbocycles. The van der Waals surface area contributed by atoms with E-state index in [1.54, 1.807) is 13.0 Å². The fourth-order valence-electron chi connectivity index (χ4n) is 2.64. The van der Waals surface area contributed by atoms with Gasteiger partial charge in [-0.2, -0.15) is 0 Å². The van der Waals surface area contributed by atoms with Crippen LogP contribution >= 0.6 is 0 Å². The van der Waals surface area contributed by atoms with Crippen molar-refractivity contribution < 1.29 is 18.8 Å². The van der Waals surface area contributed by atoms with Gasteiger partial charge in [0, 0.05) is 12.1 Å². The van der Waals surface area contributed by atoms with Crippen molar-refractivity contribution in [1.82, 2.24) is 5.32 Å². The lowest BCUT2D eigenvalue weighted by Gasteiger charge is -2.46. The Labute approximate surface area is 147 Å². The summed E-state index contributed by atoms with van der Waals surface area (Å²) < 4.78 is 11.3. The van der Waals surface area contributed by atoms with Crippen LogP contribution in [-0.2, 0) is 18.8 Å². The van der Waals surface area contributed by atoms with E-state index in [-0.39, 0.29) is 40.9 Å². The number of hydrogen-bond donors (Lipinski definition) is 1. The third kappa shape index (κ3) is 4.93. The lowest BCUT2D eigenvalue weighted by Crippen LogP contribution is -2.65. The van der Waals surface area contributed by atoms with E-state index in [9.17, 15) is 9.59 Å². The molecule has 0 radical (unpaired) electrons. The van der Waals surface area contributed by atoms with E-state index in [0.29, 0.717) is 6.61 Å². The normalized spacial score (nSPS) is 24.2. The van der Waals surface area contributed by atoms with E-state index in [1.165, 1.54) is 6.08 Å². The molecule has 1 amide bonds. The Kier molecular flexibility index (Phi) is 6.81. The Morgan fingerprint density at radius 3 is 2.38 bits per heavy atom. The maximum atomic E-state index is 12.1. The minimum absolute atomic E-state index is 0.0112. The number of nitrogens with one attached hydrogen (secondary N) is 1. The van der Waals surface area contributed by atoms with Crippen molar-refractivity contribution in [3.05, 3.63) is 12.2 Å². The molecular formula is C18H33NO4Si. The minimum atomic E-state index is -1.93. The number of hydrogen-bond acceptors (Lipinski definition) is 4. The van der Waals surface area contributed by atoms with Crippen molar-refractivity contribution in [2.24, 2.45) is 11.8 Å². The predicted octanol–water partition coefficient (Wildman–Crippen LogP) is 3.27. The van der Waals surface area contributed by atoms with Crippen LogP contribution in [0, 0.1) is 11.8 Å². The van der Waals surface area contributed by atoms with Crippen molar-refractivity contribution in [2.75, 3.05) is 6.61 Å². The summed E-state index contributed by atoms with van der Waals surface area (Å²) in [5.74, 6) is -0.455. The van der Waals surface area contributed by atoms with Gasteiger partial charge in [0.1, 0.15) is 0 Å². The van der Waals surface area contributed by atoms with Gasteiger partial charge in [0.25, 0.3) is 0 Å². The number of rotatable bonds is 7. The molecule has 1 unspecified atom stereocenters. The van der Waals surface area contributed by atoms with Crippen LogP contribution in [0.3, 0.4) is 0 Å². The zero-order valence-electron chi connectivity index (χ0n) is 16.3. The summed E-state index contributed by atoms with van der Waals surface area (Å²) in [6.07, 6.45) is 3.10. The van der Waals surface area contributed by atoms with Crippen LogP contribution in [0.25, 0.3) is 0 Å². The van der Waals surface area contributed by atoms with Gasteiger partial charge in [-0.15, -0.1) is 0 Å².